The number of carbonyl (C=O) groups excluding carboxylic acids is 3. The second kappa shape index (κ2) is 8.74. The van der Waals surface area contributed by atoms with Crippen LogP contribution in [0.4, 0.5) is 0 Å². The average Bonchev–Trinajstić information content (AvgIpc) is 3.09. The van der Waals surface area contributed by atoms with Crippen molar-refractivity contribution in [2.45, 2.75) is 27.3 Å². The fourth-order valence-electron chi connectivity index (χ4n) is 2.64. The zero-order chi connectivity index (χ0) is 21.0. The number of hydrogen-bond acceptors (Lipinski definition) is 7. The molecule has 1 aromatic carbocycles. The molecule has 3 rings (SSSR count). The Bertz CT molecular complexity index is 1060. The van der Waals surface area contributed by atoms with Crippen molar-refractivity contribution >= 4 is 29.0 Å². The molecule has 0 aliphatic carbocycles. The smallest absolute Gasteiger partial charge is 0.329 e. The van der Waals surface area contributed by atoms with E-state index in [9.17, 15) is 14.4 Å². The van der Waals surface area contributed by atoms with E-state index >= 15 is 0 Å². The minimum atomic E-state index is -0.606. The molecule has 3 aromatic rings. The number of hydroxylamine groups is 2. The fourth-order valence-corrected chi connectivity index (χ4v) is 3.65. The van der Waals surface area contributed by atoms with Crippen LogP contribution in [0, 0.1) is 6.92 Å². The van der Waals surface area contributed by atoms with Crippen LogP contribution in [0.1, 0.15) is 45.3 Å². The zero-order valence-electron chi connectivity index (χ0n) is 16.2. The number of ketones is 1. The normalized spacial score (nSPS) is 10.4. The molecule has 0 unspecified atom stereocenters. The van der Waals surface area contributed by atoms with Gasteiger partial charge in [0.2, 0.25) is 0 Å². The number of aromatic nitrogens is 2. The Kier molecular flexibility index (Phi) is 6.13. The summed E-state index contributed by atoms with van der Waals surface area (Å²) in [5.41, 5.74) is 2.41. The molecule has 1 amide bonds. The highest BCUT2D eigenvalue weighted by molar-refractivity contribution is 7.17. The van der Waals surface area contributed by atoms with Crippen LogP contribution in [0.3, 0.4) is 0 Å². The Labute approximate surface area is 171 Å². The predicted octanol–water partition coefficient (Wildman–Crippen LogP) is 3.84. The first-order chi connectivity index (χ1) is 13.8. The van der Waals surface area contributed by atoms with Gasteiger partial charge in [-0.2, -0.15) is 5.06 Å². The highest BCUT2D eigenvalue weighted by Gasteiger charge is 2.25. The quantitative estimate of drug-likeness (QED) is 0.470. The monoisotopic (exact) mass is 409 g/mol. The van der Waals surface area contributed by atoms with Gasteiger partial charge in [0, 0.05) is 24.2 Å². The Morgan fingerprint density at radius 1 is 1.10 bits per heavy atom. The molecular weight excluding hydrogens is 390 g/mol. The van der Waals surface area contributed by atoms with E-state index in [1.807, 2.05) is 6.07 Å². The molecule has 0 spiro atoms. The van der Waals surface area contributed by atoms with Gasteiger partial charge in [-0.1, -0.05) is 24.3 Å². The van der Waals surface area contributed by atoms with Crippen LogP contribution in [0.5, 0.6) is 0 Å². The third-order valence-electron chi connectivity index (χ3n) is 4.00. The summed E-state index contributed by atoms with van der Waals surface area (Å²) in [4.78, 5) is 50.3. The van der Waals surface area contributed by atoms with Crippen LogP contribution in [0.15, 0.2) is 48.7 Å². The maximum absolute atomic E-state index is 13.1. The van der Waals surface area contributed by atoms with Crippen LogP contribution in [0.2, 0.25) is 0 Å². The second-order valence-corrected chi connectivity index (χ2v) is 7.32. The van der Waals surface area contributed by atoms with Gasteiger partial charge in [-0.3, -0.25) is 19.4 Å². The number of pyridine rings is 1. The molecule has 0 radical (unpaired) electrons. The van der Waals surface area contributed by atoms with Crippen LogP contribution in [0.25, 0.3) is 10.6 Å². The summed E-state index contributed by atoms with van der Waals surface area (Å²) in [6.07, 6.45) is 1.60. The maximum atomic E-state index is 13.1. The molecule has 29 heavy (non-hydrogen) atoms. The number of aryl methyl sites for hydroxylation is 1. The first-order valence-electron chi connectivity index (χ1n) is 8.84. The third-order valence-corrected chi connectivity index (χ3v) is 5.20. The van der Waals surface area contributed by atoms with E-state index in [2.05, 4.69) is 9.97 Å². The summed E-state index contributed by atoms with van der Waals surface area (Å²) in [7, 11) is 0. The summed E-state index contributed by atoms with van der Waals surface area (Å²) in [6.45, 7) is 4.47. The maximum Gasteiger partial charge on any atom is 0.329 e. The number of rotatable bonds is 5. The van der Waals surface area contributed by atoms with Crippen molar-refractivity contribution in [3.63, 3.8) is 0 Å². The van der Waals surface area contributed by atoms with Crippen molar-refractivity contribution in [2.24, 2.45) is 0 Å². The van der Waals surface area contributed by atoms with Crippen molar-refractivity contribution in [2.75, 3.05) is 0 Å². The lowest BCUT2D eigenvalue weighted by Crippen LogP contribution is -2.32. The van der Waals surface area contributed by atoms with E-state index < -0.39 is 11.9 Å². The topological polar surface area (TPSA) is 89.5 Å². The second-order valence-electron chi connectivity index (χ2n) is 6.32. The van der Waals surface area contributed by atoms with E-state index in [0.29, 0.717) is 26.8 Å². The molecule has 0 saturated heterocycles. The van der Waals surface area contributed by atoms with E-state index in [0.717, 1.165) is 10.6 Å². The Hall–Kier alpha value is -3.39. The standard InChI is InChI=1S/C21H19N3O4S/c1-13-19(29-20(23-13)17-8-6-7-16(11-17)14(2)25)21(27)24(28-15(3)26)12-18-9-4-5-10-22-18/h4-11H,12H2,1-3H3. The van der Waals surface area contributed by atoms with E-state index in [4.69, 9.17) is 4.84 Å². The number of thiazole rings is 1. The summed E-state index contributed by atoms with van der Waals surface area (Å²) in [5.74, 6) is -1.13. The van der Waals surface area contributed by atoms with Gasteiger partial charge >= 0.3 is 5.97 Å². The summed E-state index contributed by atoms with van der Waals surface area (Å²) in [5, 5.41) is 1.59. The largest absolute Gasteiger partial charge is 0.338 e. The SMILES string of the molecule is CC(=O)ON(Cc1ccccn1)C(=O)c1sc(-c2cccc(C(C)=O)c2)nc1C. The van der Waals surface area contributed by atoms with E-state index in [1.54, 1.807) is 49.5 Å². The summed E-state index contributed by atoms with van der Waals surface area (Å²) >= 11 is 1.18. The van der Waals surface area contributed by atoms with Gasteiger partial charge in [0.25, 0.3) is 5.91 Å². The molecule has 0 aliphatic rings. The molecule has 0 atom stereocenters. The zero-order valence-corrected chi connectivity index (χ0v) is 17.0. The third kappa shape index (κ3) is 4.91. The average molecular weight is 409 g/mol. The number of amides is 1. The lowest BCUT2D eigenvalue weighted by molar-refractivity contribution is -0.177. The molecule has 148 valence electrons. The van der Waals surface area contributed by atoms with Crippen LogP contribution in [-0.2, 0) is 16.2 Å². The van der Waals surface area contributed by atoms with Crippen molar-refractivity contribution in [3.8, 4) is 10.6 Å². The molecule has 2 heterocycles. The van der Waals surface area contributed by atoms with Crippen LogP contribution < -0.4 is 0 Å². The van der Waals surface area contributed by atoms with Crippen molar-refractivity contribution in [1.29, 1.82) is 0 Å². The van der Waals surface area contributed by atoms with Gasteiger partial charge in [-0.25, -0.2) is 4.98 Å². The lowest BCUT2D eigenvalue weighted by atomic mass is 10.1. The van der Waals surface area contributed by atoms with E-state index in [1.165, 1.54) is 25.2 Å². The van der Waals surface area contributed by atoms with Crippen molar-refractivity contribution in [3.05, 3.63) is 70.5 Å². The first kappa shape index (κ1) is 20.3. The molecule has 8 heteroatoms. The Balaban J connectivity index is 1.91. The van der Waals surface area contributed by atoms with Gasteiger partial charge in [-0.05, 0) is 32.0 Å². The van der Waals surface area contributed by atoms with E-state index in [-0.39, 0.29) is 12.3 Å². The number of nitrogens with zero attached hydrogens (tertiary/aromatic N) is 3. The highest BCUT2D eigenvalue weighted by Crippen LogP contribution is 2.30. The molecule has 0 saturated carbocycles. The predicted molar refractivity (Wildman–Crippen MR) is 108 cm³/mol. The fraction of sp³-hybridized carbons (Fsp3) is 0.190. The molecule has 2 aromatic heterocycles. The van der Waals surface area contributed by atoms with Crippen LogP contribution in [-0.4, -0.2) is 32.7 Å². The molecule has 0 N–H and O–H groups in total. The molecule has 0 aliphatic heterocycles. The molecular formula is C21H19N3O4S. The number of carbonyl (C=O) groups is 3. The number of Topliss-reactive ketones (excluding diaryl/α,β-unsaturated/α-hetero) is 1. The molecule has 7 nitrogen and oxygen atoms in total. The van der Waals surface area contributed by atoms with Crippen LogP contribution >= 0.6 is 11.3 Å². The molecule has 0 fully saturated rings. The first-order valence-corrected chi connectivity index (χ1v) is 9.66. The van der Waals surface area contributed by atoms with Crippen molar-refractivity contribution < 1.29 is 19.2 Å². The lowest BCUT2D eigenvalue weighted by Gasteiger charge is -2.19. The van der Waals surface area contributed by atoms with Gasteiger partial charge in [0.15, 0.2) is 5.78 Å². The van der Waals surface area contributed by atoms with Gasteiger partial charge < -0.3 is 4.84 Å². The highest BCUT2D eigenvalue weighted by atomic mass is 32.1. The minimum absolute atomic E-state index is 0.0196. The minimum Gasteiger partial charge on any atom is -0.338 e. The van der Waals surface area contributed by atoms with Gasteiger partial charge in [-0.15, -0.1) is 11.3 Å². The summed E-state index contributed by atoms with van der Waals surface area (Å²) in [6, 6.07) is 12.4. The van der Waals surface area contributed by atoms with Crippen molar-refractivity contribution in [1.82, 2.24) is 15.0 Å². The van der Waals surface area contributed by atoms with Gasteiger partial charge in [0.05, 0.1) is 11.4 Å². The summed E-state index contributed by atoms with van der Waals surface area (Å²) < 4.78 is 0. The molecule has 0 bridgehead atoms. The Morgan fingerprint density at radius 2 is 1.90 bits per heavy atom. The number of hydrogen-bond donors (Lipinski definition) is 0. The Morgan fingerprint density at radius 3 is 2.55 bits per heavy atom. The van der Waals surface area contributed by atoms with Gasteiger partial charge in [0.1, 0.15) is 16.4 Å². The number of benzene rings is 1.